The number of carbonyl (C=O) groups excluding carboxylic acids is 1. The minimum atomic E-state index is -0.990. The summed E-state index contributed by atoms with van der Waals surface area (Å²) in [5.74, 6) is -0.442. The molecule has 3 atom stereocenters. The van der Waals surface area contributed by atoms with Crippen LogP contribution >= 0.6 is 0 Å². The second-order valence-corrected chi connectivity index (χ2v) is 5.98. The molecule has 1 aromatic rings. The van der Waals surface area contributed by atoms with Crippen molar-refractivity contribution in [2.24, 2.45) is 5.92 Å². The van der Waals surface area contributed by atoms with Crippen molar-refractivity contribution in [3.05, 3.63) is 29.8 Å². The fraction of sp³-hybridized carbons (Fsp3) is 0.500. The van der Waals surface area contributed by atoms with Gasteiger partial charge in [0.15, 0.2) is 0 Å². The Kier molecular flexibility index (Phi) is 3.92. The van der Waals surface area contributed by atoms with Crippen LogP contribution in [0.2, 0.25) is 0 Å². The number of amides is 1. The summed E-state index contributed by atoms with van der Waals surface area (Å²) in [7, 11) is 0. The number of carbonyl (C=O) groups is 2. The largest absolute Gasteiger partial charge is 0.478 e. The monoisotopic (exact) mass is 288 g/mol. The molecule has 0 radical (unpaired) electrons. The van der Waals surface area contributed by atoms with Crippen LogP contribution in [0.25, 0.3) is 0 Å². The number of fused-ring (bicyclic) bond motifs is 1. The van der Waals surface area contributed by atoms with Crippen molar-refractivity contribution in [1.82, 2.24) is 5.32 Å². The first-order valence-corrected chi connectivity index (χ1v) is 7.54. The minimum Gasteiger partial charge on any atom is -0.478 e. The van der Waals surface area contributed by atoms with Crippen molar-refractivity contribution in [1.29, 1.82) is 0 Å². The molecule has 0 spiro atoms. The van der Waals surface area contributed by atoms with E-state index in [9.17, 15) is 9.59 Å². The molecule has 0 aromatic heterocycles. The standard InChI is InChI=1S/C16H20N2O3/c19-15(14-9-10-4-1-2-7-13(10)18-14)17-12-6-3-5-11(8-12)16(20)21/h3,5-6,8,10,13-14,18H,1-2,4,7,9H2,(H,17,19)(H,20,21). The first kappa shape index (κ1) is 14.1. The van der Waals surface area contributed by atoms with Gasteiger partial charge in [0, 0.05) is 11.7 Å². The van der Waals surface area contributed by atoms with E-state index in [1.807, 2.05) is 0 Å². The van der Waals surface area contributed by atoms with Gasteiger partial charge in [0.2, 0.25) is 5.91 Å². The number of hydrogen-bond donors (Lipinski definition) is 3. The summed E-state index contributed by atoms with van der Waals surface area (Å²) in [6, 6.07) is 6.67. The lowest BCUT2D eigenvalue weighted by atomic mass is 9.85. The first-order valence-electron chi connectivity index (χ1n) is 7.54. The molecule has 3 unspecified atom stereocenters. The Morgan fingerprint density at radius 2 is 2.05 bits per heavy atom. The van der Waals surface area contributed by atoms with Crippen LogP contribution in [-0.2, 0) is 4.79 Å². The van der Waals surface area contributed by atoms with E-state index in [-0.39, 0.29) is 17.5 Å². The Bertz CT molecular complexity index is 544. The molecule has 2 fully saturated rings. The molecule has 3 rings (SSSR count). The Morgan fingerprint density at radius 1 is 1.24 bits per heavy atom. The molecule has 1 aliphatic carbocycles. The van der Waals surface area contributed by atoms with Gasteiger partial charge in [-0.25, -0.2) is 4.79 Å². The van der Waals surface area contributed by atoms with Crippen LogP contribution in [-0.4, -0.2) is 29.1 Å². The molecule has 5 nitrogen and oxygen atoms in total. The summed E-state index contributed by atoms with van der Waals surface area (Å²) in [4.78, 5) is 23.3. The Labute approximate surface area is 123 Å². The van der Waals surface area contributed by atoms with E-state index in [2.05, 4.69) is 10.6 Å². The number of carboxylic acid groups (broad SMARTS) is 1. The molecule has 0 bridgehead atoms. The van der Waals surface area contributed by atoms with Crippen LogP contribution in [0, 0.1) is 5.92 Å². The van der Waals surface area contributed by atoms with Crippen molar-refractivity contribution in [2.45, 2.75) is 44.2 Å². The summed E-state index contributed by atoms with van der Waals surface area (Å²) in [5.41, 5.74) is 0.720. The molecule has 1 aromatic carbocycles. The maximum absolute atomic E-state index is 12.3. The molecule has 2 aliphatic rings. The molecule has 1 aliphatic heterocycles. The van der Waals surface area contributed by atoms with Gasteiger partial charge in [-0.15, -0.1) is 0 Å². The lowest BCUT2D eigenvalue weighted by Crippen LogP contribution is -2.39. The Balaban J connectivity index is 1.64. The average molecular weight is 288 g/mol. The number of hydrogen-bond acceptors (Lipinski definition) is 3. The third-order valence-electron chi connectivity index (χ3n) is 4.56. The van der Waals surface area contributed by atoms with E-state index in [1.54, 1.807) is 12.1 Å². The van der Waals surface area contributed by atoms with Crippen LogP contribution < -0.4 is 10.6 Å². The highest BCUT2D eigenvalue weighted by Crippen LogP contribution is 2.33. The molecule has 1 heterocycles. The topological polar surface area (TPSA) is 78.4 Å². The summed E-state index contributed by atoms with van der Waals surface area (Å²) in [6.07, 6.45) is 5.75. The van der Waals surface area contributed by atoms with Crippen molar-refractivity contribution in [3.8, 4) is 0 Å². The average Bonchev–Trinajstić information content (AvgIpc) is 2.91. The quantitative estimate of drug-likeness (QED) is 0.797. The molecular weight excluding hydrogens is 268 g/mol. The van der Waals surface area contributed by atoms with Crippen LogP contribution in [0.3, 0.4) is 0 Å². The van der Waals surface area contributed by atoms with Gasteiger partial charge in [-0.05, 0) is 43.4 Å². The number of anilines is 1. The van der Waals surface area contributed by atoms with Crippen LogP contribution in [0.5, 0.6) is 0 Å². The molecule has 5 heteroatoms. The Hall–Kier alpha value is -1.88. The lowest BCUT2D eigenvalue weighted by Gasteiger charge is -2.24. The van der Waals surface area contributed by atoms with Crippen molar-refractivity contribution in [3.63, 3.8) is 0 Å². The van der Waals surface area contributed by atoms with Crippen LogP contribution in [0.4, 0.5) is 5.69 Å². The van der Waals surface area contributed by atoms with Gasteiger partial charge in [-0.2, -0.15) is 0 Å². The zero-order valence-corrected chi connectivity index (χ0v) is 11.8. The first-order chi connectivity index (χ1) is 10.1. The maximum Gasteiger partial charge on any atom is 0.335 e. The third kappa shape index (κ3) is 3.08. The SMILES string of the molecule is O=C(O)c1cccc(NC(=O)C2CC3CCCCC3N2)c1. The molecule has 112 valence electrons. The fourth-order valence-corrected chi connectivity index (χ4v) is 3.48. The van der Waals surface area contributed by atoms with Crippen molar-refractivity contribution >= 4 is 17.6 Å². The summed E-state index contributed by atoms with van der Waals surface area (Å²) in [6.45, 7) is 0. The van der Waals surface area contributed by atoms with Crippen molar-refractivity contribution < 1.29 is 14.7 Å². The van der Waals surface area contributed by atoms with Crippen molar-refractivity contribution in [2.75, 3.05) is 5.32 Å². The fourth-order valence-electron chi connectivity index (χ4n) is 3.48. The molecule has 3 N–H and O–H groups in total. The van der Waals surface area contributed by atoms with Gasteiger partial charge >= 0.3 is 5.97 Å². The van der Waals surface area contributed by atoms with Gasteiger partial charge in [0.1, 0.15) is 0 Å². The van der Waals surface area contributed by atoms with Crippen LogP contribution in [0.15, 0.2) is 24.3 Å². The van der Waals surface area contributed by atoms with Gasteiger partial charge in [-0.3, -0.25) is 4.79 Å². The van der Waals surface area contributed by atoms with Crippen LogP contribution in [0.1, 0.15) is 42.5 Å². The molecular formula is C16H20N2O3. The summed E-state index contributed by atoms with van der Waals surface area (Å²) in [5, 5.41) is 15.2. The predicted octanol–water partition coefficient (Wildman–Crippen LogP) is 2.24. The molecule has 21 heavy (non-hydrogen) atoms. The molecule has 1 saturated carbocycles. The minimum absolute atomic E-state index is 0.0630. The lowest BCUT2D eigenvalue weighted by molar-refractivity contribution is -0.117. The number of benzene rings is 1. The third-order valence-corrected chi connectivity index (χ3v) is 4.56. The van der Waals surface area contributed by atoms with Gasteiger partial charge in [0.25, 0.3) is 0 Å². The number of rotatable bonds is 3. The highest BCUT2D eigenvalue weighted by molar-refractivity contribution is 5.96. The second-order valence-electron chi connectivity index (χ2n) is 5.98. The van der Waals surface area contributed by atoms with Gasteiger partial charge in [-0.1, -0.05) is 18.9 Å². The normalized spacial score (nSPS) is 27.9. The van der Waals surface area contributed by atoms with E-state index in [1.165, 1.54) is 31.4 Å². The smallest absolute Gasteiger partial charge is 0.335 e. The van der Waals surface area contributed by atoms with E-state index >= 15 is 0 Å². The highest BCUT2D eigenvalue weighted by atomic mass is 16.4. The second kappa shape index (κ2) is 5.85. The molecule has 1 amide bonds. The number of nitrogens with one attached hydrogen (secondary N) is 2. The predicted molar refractivity (Wildman–Crippen MR) is 79.3 cm³/mol. The summed E-state index contributed by atoms with van der Waals surface area (Å²) >= 11 is 0. The van der Waals surface area contributed by atoms with Gasteiger partial charge in [0.05, 0.1) is 11.6 Å². The zero-order chi connectivity index (χ0) is 14.8. The van der Waals surface area contributed by atoms with E-state index in [0.29, 0.717) is 17.6 Å². The van der Waals surface area contributed by atoms with E-state index < -0.39 is 5.97 Å². The van der Waals surface area contributed by atoms with Gasteiger partial charge < -0.3 is 15.7 Å². The molecule has 1 saturated heterocycles. The Morgan fingerprint density at radius 3 is 2.81 bits per heavy atom. The zero-order valence-electron chi connectivity index (χ0n) is 11.8. The summed E-state index contributed by atoms with van der Waals surface area (Å²) < 4.78 is 0. The number of aromatic carboxylic acids is 1. The number of carboxylic acids is 1. The van der Waals surface area contributed by atoms with E-state index in [0.717, 1.165) is 12.8 Å². The maximum atomic E-state index is 12.3. The highest BCUT2D eigenvalue weighted by Gasteiger charge is 2.38. The van der Waals surface area contributed by atoms with E-state index in [4.69, 9.17) is 5.11 Å².